The number of ether oxygens (including phenoxy) is 2. The molecular weight excluding hydrogens is 238 g/mol. The van der Waals surface area contributed by atoms with Crippen molar-refractivity contribution in [1.82, 2.24) is 5.32 Å². The molecule has 0 aromatic heterocycles. The van der Waals surface area contributed by atoms with Crippen LogP contribution in [0.5, 0.6) is 11.5 Å². The van der Waals surface area contributed by atoms with Crippen molar-refractivity contribution in [1.29, 1.82) is 0 Å². The van der Waals surface area contributed by atoms with Crippen LogP contribution in [0.25, 0.3) is 0 Å². The van der Waals surface area contributed by atoms with Gasteiger partial charge in [0.25, 0.3) is 0 Å². The molecule has 0 radical (unpaired) electrons. The van der Waals surface area contributed by atoms with Crippen LogP contribution < -0.4 is 14.8 Å². The normalized spacial score (nSPS) is 13.2. The van der Waals surface area contributed by atoms with Crippen molar-refractivity contribution in [2.45, 2.75) is 40.2 Å². The summed E-state index contributed by atoms with van der Waals surface area (Å²) in [5.74, 6) is 1.57. The Bertz CT molecular complexity index is 396. The molecule has 19 heavy (non-hydrogen) atoms. The Balaban J connectivity index is 2.61. The van der Waals surface area contributed by atoms with Crippen molar-refractivity contribution in [2.24, 2.45) is 5.41 Å². The third-order valence-corrected chi connectivity index (χ3v) is 2.97. The molecular formula is C16H27NO2. The van der Waals surface area contributed by atoms with E-state index in [0.29, 0.717) is 11.5 Å². The molecule has 0 fully saturated rings. The van der Waals surface area contributed by atoms with Gasteiger partial charge in [-0.2, -0.15) is 0 Å². The average Bonchev–Trinajstić information content (AvgIpc) is 2.35. The van der Waals surface area contributed by atoms with Gasteiger partial charge in [0.15, 0.2) is 11.5 Å². The second-order valence-corrected chi connectivity index (χ2v) is 6.24. The van der Waals surface area contributed by atoms with Crippen molar-refractivity contribution >= 4 is 0 Å². The molecule has 3 heteroatoms. The minimum atomic E-state index is 0.311. The van der Waals surface area contributed by atoms with Crippen LogP contribution in [0.15, 0.2) is 18.2 Å². The topological polar surface area (TPSA) is 30.5 Å². The Morgan fingerprint density at radius 3 is 2.26 bits per heavy atom. The summed E-state index contributed by atoms with van der Waals surface area (Å²) in [7, 11) is 3.33. The molecule has 0 aliphatic heterocycles. The molecule has 3 nitrogen and oxygen atoms in total. The summed E-state index contributed by atoms with van der Waals surface area (Å²) in [6, 6.07) is 6.55. The van der Waals surface area contributed by atoms with Crippen LogP contribution in [-0.2, 0) is 6.42 Å². The van der Waals surface area contributed by atoms with Gasteiger partial charge in [0.05, 0.1) is 14.2 Å². The Kier molecular flexibility index (Phi) is 5.67. The van der Waals surface area contributed by atoms with E-state index in [2.05, 4.69) is 39.1 Å². The molecule has 0 spiro atoms. The van der Waals surface area contributed by atoms with E-state index in [1.807, 2.05) is 12.1 Å². The van der Waals surface area contributed by atoms with E-state index in [-0.39, 0.29) is 0 Å². The molecule has 0 aliphatic carbocycles. The first kappa shape index (κ1) is 15.8. The van der Waals surface area contributed by atoms with Gasteiger partial charge in [-0.1, -0.05) is 26.8 Å². The van der Waals surface area contributed by atoms with Gasteiger partial charge >= 0.3 is 0 Å². The highest BCUT2D eigenvalue weighted by Gasteiger charge is 2.13. The molecule has 0 saturated heterocycles. The number of rotatable bonds is 6. The third kappa shape index (κ3) is 5.52. The zero-order valence-electron chi connectivity index (χ0n) is 13.0. The number of benzene rings is 1. The van der Waals surface area contributed by atoms with Gasteiger partial charge in [-0.3, -0.25) is 0 Å². The highest BCUT2D eigenvalue weighted by atomic mass is 16.5. The van der Waals surface area contributed by atoms with Crippen LogP contribution >= 0.6 is 0 Å². The Morgan fingerprint density at radius 1 is 1.11 bits per heavy atom. The van der Waals surface area contributed by atoms with Crippen molar-refractivity contribution in [3.05, 3.63) is 23.8 Å². The summed E-state index contributed by atoms with van der Waals surface area (Å²) >= 11 is 0. The maximum absolute atomic E-state index is 5.33. The molecule has 1 aromatic carbocycles. The smallest absolute Gasteiger partial charge is 0.160 e. The van der Waals surface area contributed by atoms with Crippen LogP contribution in [0.3, 0.4) is 0 Å². The summed E-state index contributed by atoms with van der Waals surface area (Å²) in [5.41, 5.74) is 1.57. The van der Waals surface area contributed by atoms with E-state index in [0.717, 1.165) is 24.5 Å². The molecule has 0 bridgehead atoms. The van der Waals surface area contributed by atoms with Gasteiger partial charge in [0.1, 0.15) is 0 Å². The summed E-state index contributed by atoms with van der Waals surface area (Å²) in [5, 5.41) is 3.57. The quantitative estimate of drug-likeness (QED) is 0.856. The number of hydrogen-bond acceptors (Lipinski definition) is 3. The van der Waals surface area contributed by atoms with Crippen LogP contribution in [0.4, 0.5) is 0 Å². The minimum Gasteiger partial charge on any atom is -0.493 e. The van der Waals surface area contributed by atoms with Crippen LogP contribution in [0.2, 0.25) is 0 Å². The summed E-state index contributed by atoms with van der Waals surface area (Å²) in [4.78, 5) is 0. The number of nitrogens with one attached hydrogen (secondary N) is 1. The van der Waals surface area contributed by atoms with Gasteiger partial charge in [0, 0.05) is 12.6 Å². The zero-order chi connectivity index (χ0) is 14.5. The Labute approximate surface area is 117 Å². The highest BCUT2D eigenvalue weighted by molar-refractivity contribution is 5.43. The van der Waals surface area contributed by atoms with Gasteiger partial charge in [-0.25, -0.2) is 0 Å². The Morgan fingerprint density at radius 2 is 1.74 bits per heavy atom. The molecule has 1 unspecified atom stereocenters. The molecule has 0 heterocycles. The second-order valence-electron chi connectivity index (χ2n) is 6.24. The van der Waals surface area contributed by atoms with Gasteiger partial charge in [0.2, 0.25) is 0 Å². The van der Waals surface area contributed by atoms with Crippen LogP contribution in [0.1, 0.15) is 33.3 Å². The lowest BCUT2D eigenvalue weighted by Crippen LogP contribution is -2.35. The molecule has 0 saturated carbocycles. The maximum Gasteiger partial charge on any atom is 0.160 e. The van der Waals surface area contributed by atoms with Gasteiger partial charge in [-0.05, 0) is 36.5 Å². The monoisotopic (exact) mass is 265 g/mol. The lowest BCUT2D eigenvalue weighted by Gasteiger charge is -2.23. The fraction of sp³-hybridized carbons (Fsp3) is 0.625. The molecule has 108 valence electrons. The first-order valence-electron chi connectivity index (χ1n) is 6.80. The lowest BCUT2D eigenvalue weighted by atomic mass is 9.96. The second kappa shape index (κ2) is 6.80. The summed E-state index contributed by atoms with van der Waals surface area (Å²) in [6.07, 6.45) is 0.983. The lowest BCUT2D eigenvalue weighted by molar-refractivity contribution is 0.351. The molecule has 1 aromatic rings. The minimum absolute atomic E-state index is 0.311. The van der Waals surface area contributed by atoms with Crippen molar-refractivity contribution in [3.63, 3.8) is 0 Å². The van der Waals surface area contributed by atoms with E-state index in [4.69, 9.17) is 9.47 Å². The van der Waals surface area contributed by atoms with E-state index < -0.39 is 0 Å². The fourth-order valence-corrected chi connectivity index (χ4v) is 1.91. The van der Waals surface area contributed by atoms with E-state index in [1.54, 1.807) is 14.2 Å². The first-order valence-corrected chi connectivity index (χ1v) is 6.80. The van der Waals surface area contributed by atoms with Crippen LogP contribution in [0, 0.1) is 5.41 Å². The van der Waals surface area contributed by atoms with E-state index in [9.17, 15) is 0 Å². The molecule has 0 aliphatic rings. The summed E-state index contributed by atoms with van der Waals surface area (Å²) in [6.45, 7) is 9.94. The predicted octanol–water partition coefficient (Wildman–Crippen LogP) is 3.27. The highest BCUT2D eigenvalue weighted by Crippen LogP contribution is 2.28. The largest absolute Gasteiger partial charge is 0.493 e. The van der Waals surface area contributed by atoms with Crippen molar-refractivity contribution in [3.8, 4) is 11.5 Å². The fourth-order valence-electron chi connectivity index (χ4n) is 1.91. The van der Waals surface area contributed by atoms with Gasteiger partial charge < -0.3 is 14.8 Å². The molecule has 1 atom stereocenters. The standard InChI is InChI=1S/C16H27NO2/c1-12(17-11-16(2,3)4)9-13-7-8-14(18-5)15(10-13)19-6/h7-8,10,12,17H,9,11H2,1-6H3. The van der Waals surface area contributed by atoms with Crippen molar-refractivity contribution in [2.75, 3.05) is 20.8 Å². The van der Waals surface area contributed by atoms with Gasteiger partial charge in [-0.15, -0.1) is 0 Å². The van der Waals surface area contributed by atoms with E-state index >= 15 is 0 Å². The zero-order valence-corrected chi connectivity index (χ0v) is 13.0. The number of hydrogen-bond donors (Lipinski definition) is 1. The van der Waals surface area contributed by atoms with Crippen molar-refractivity contribution < 1.29 is 9.47 Å². The molecule has 1 N–H and O–H groups in total. The Hall–Kier alpha value is -1.22. The molecule has 1 rings (SSSR count). The van der Waals surface area contributed by atoms with Crippen LogP contribution in [-0.4, -0.2) is 26.8 Å². The first-order chi connectivity index (χ1) is 8.85. The average molecular weight is 265 g/mol. The van der Waals surface area contributed by atoms with E-state index in [1.165, 1.54) is 5.56 Å². The number of methoxy groups -OCH3 is 2. The molecule has 0 amide bonds. The maximum atomic E-state index is 5.33. The third-order valence-electron chi connectivity index (χ3n) is 2.97. The SMILES string of the molecule is COc1ccc(CC(C)NCC(C)(C)C)cc1OC. The predicted molar refractivity (Wildman–Crippen MR) is 80.2 cm³/mol. The summed E-state index contributed by atoms with van der Waals surface area (Å²) < 4.78 is 10.6.